The molecule has 7 heteroatoms. The highest BCUT2D eigenvalue weighted by Gasteiger charge is 2.35. The number of alkyl halides is 1. The van der Waals surface area contributed by atoms with Gasteiger partial charge in [-0.1, -0.05) is 23.2 Å². The van der Waals surface area contributed by atoms with Crippen LogP contribution in [0.25, 0.3) is 21.8 Å². The van der Waals surface area contributed by atoms with Crippen molar-refractivity contribution in [3.05, 3.63) is 46.4 Å². The summed E-state index contributed by atoms with van der Waals surface area (Å²) in [6.07, 6.45) is -1.20. The number of carbonyl (C=O) groups is 1. The second-order valence-corrected chi connectivity index (χ2v) is 9.36. The lowest BCUT2D eigenvalue weighted by Gasteiger charge is -2.36. The summed E-state index contributed by atoms with van der Waals surface area (Å²) < 4.78 is 22.8. The van der Waals surface area contributed by atoms with Crippen LogP contribution in [-0.2, 0) is 4.74 Å². The van der Waals surface area contributed by atoms with Crippen molar-refractivity contribution in [3.8, 4) is 0 Å². The van der Waals surface area contributed by atoms with Crippen LogP contribution in [-0.4, -0.2) is 40.4 Å². The Kier molecular flexibility index (Phi) is 5.16. The standard InChI is InChI=1S/C22H23Cl2FN2O2/c1-22(2,3)29-21(28)26-9-8-20(17(25)12-26)27-18-6-4-13(23)10-15(18)16-11-14(24)5-7-19(16)27/h4-7,10-11,17,20H,8-9,12H2,1-3H3/t17?,20-/m0/s1. The number of carbonyl (C=O) groups excluding carboxylic acids is 1. The number of benzene rings is 2. The summed E-state index contributed by atoms with van der Waals surface area (Å²) in [5.74, 6) is 0. The summed E-state index contributed by atoms with van der Waals surface area (Å²) in [6.45, 7) is 5.85. The van der Waals surface area contributed by atoms with Crippen molar-refractivity contribution in [1.82, 2.24) is 9.47 Å². The van der Waals surface area contributed by atoms with Gasteiger partial charge in [-0.25, -0.2) is 9.18 Å². The zero-order chi connectivity index (χ0) is 20.9. The highest BCUT2D eigenvalue weighted by Crippen LogP contribution is 2.38. The number of aromatic nitrogens is 1. The van der Waals surface area contributed by atoms with E-state index in [0.717, 1.165) is 21.8 Å². The molecule has 1 fully saturated rings. The van der Waals surface area contributed by atoms with Crippen molar-refractivity contribution in [2.45, 2.75) is 45.0 Å². The number of hydrogen-bond acceptors (Lipinski definition) is 2. The number of nitrogens with zero attached hydrogens (tertiary/aromatic N) is 2. The van der Waals surface area contributed by atoms with Crippen LogP contribution >= 0.6 is 23.2 Å². The normalized spacial score (nSPS) is 20.4. The van der Waals surface area contributed by atoms with Crippen LogP contribution in [0.2, 0.25) is 10.0 Å². The fraction of sp³-hybridized carbons (Fsp3) is 0.409. The topological polar surface area (TPSA) is 34.5 Å². The number of rotatable bonds is 1. The van der Waals surface area contributed by atoms with Gasteiger partial charge in [0.1, 0.15) is 11.8 Å². The van der Waals surface area contributed by atoms with Gasteiger partial charge < -0.3 is 14.2 Å². The number of fused-ring (bicyclic) bond motifs is 3. The Balaban J connectivity index is 1.71. The van der Waals surface area contributed by atoms with E-state index in [2.05, 4.69) is 0 Å². The first-order chi connectivity index (χ1) is 13.6. The molecule has 2 heterocycles. The Morgan fingerprint density at radius 2 is 1.62 bits per heavy atom. The molecular formula is C22H23Cl2FN2O2. The molecule has 29 heavy (non-hydrogen) atoms. The van der Waals surface area contributed by atoms with Crippen molar-refractivity contribution in [1.29, 1.82) is 0 Å². The van der Waals surface area contributed by atoms with Crippen molar-refractivity contribution < 1.29 is 13.9 Å². The van der Waals surface area contributed by atoms with Crippen LogP contribution in [0.5, 0.6) is 0 Å². The predicted octanol–water partition coefficient (Wildman–Crippen LogP) is 6.62. The van der Waals surface area contributed by atoms with Gasteiger partial charge in [-0.05, 0) is 63.6 Å². The van der Waals surface area contributed by atoms with Crippen molar-refractivity contribution in [3.63, 3.8) is 0 Å². The van der Waals surface area contributed by atoms with E-state index in [4.69, 9.17) is 27.9 Å². The Morgan fingerprint density at radius 3 is 2.10 bits per heavy atom. The SMILES string of the molecule is CC(C)(C)OC(=O)N1CC[C@H](n2c3ccc(Cl)cc3c3cc(Cl)ccc32)C(F)C1. The minimum Gasteiger partial charge on any atom is -0.444 e. The number of likely N-dealkylation sites (tertiary alicyclic amines) is 1. The van der Waals surface area contributed by atoms with Gasteiger partial charge in [0, 0.05) is 38.4 Å². The summed E-state index contributed by atoms with van der Waals surface area (Å²) in [4.78, 5) is 13.8. The average Bonchev–Trinajstić information content (AvgIpc) is 2.93. The second-order valence-electron chi connectivity index (χ2n) is 8.49. The van der Waals surface area contributed by atoms with E-state index in [-0.39, 0.29) is 6.54 Å². The smallest absolute Gasteiger partial charge is 0.410 e. The first-order valence-electron chi connectivity index (χ1n) is 9.65. The lowest BCUT2D eigenvalue weighted by Crippen LogP contribution is -2.47. The molecule has 4 rings (SSSR count). The monoisotopic (exact) mass is 436 g/mol. The van der Waals surface area contributed by atoms with Gasteiger partial charge in [0.2, 0.25) is 0 Å². The fourth-order valence-corrected chi connectivity index (χ4v) is 4.38. The number of piperidine rings is 1. The molecular weight excluding hydrogens is 414 g/mol. The van der Waals surface area contributed by atoms with E-state index in [1.165, 1.54) is 4.90 Å². The lowest BCUT2D eigenvalue weighted by molar-refractivity contribution is 0.00738. The van der Waals surface area contributed by atoms with Crippen molar-refractivity contribution in [2.24, 2.45) is 0 Å². The van der Waals surface area contributed by atoms with Crippen LogP contribution in [0.3, 0.4) is 0 Å². The van der Waals surface area contributed by atoms with Gasteiger partial charge in [-0.2, -0.15) is 0 Å². The zero-order valence-electron chi connectivity index (χ0n) is 16.6. The van der Waals surface area contributed by atoms with E-state index in [0.29, 0.717) is 23.0 Å². The Hall–Kier alpha value is -1.98. The average molecular weight is 437 g/mol. The molecule has 1 unspecified atom stereocenters. The Bertz CT molecular complexity index is 1030. The molecule has 2 atom stereocenters. The lowest BCUT2D eigenvalue weighted by atomic mass is 10.0. The van der Waals surface area contributed by atoms with Crippen LogP contribution in [0, 0.1) is 0 Å². The highest BCUT2D eigenvalue weighted by molar-refractivity contribution is 6.33. The molecule has 154 valence electrons. The van der Waals surface area contributed by atoms with E-state index >= 15 is 4.39 Å². The molecule has 1 aliphatic rings. The molecule has 1 saturated heterocycles. The maximum absolute atomic E-state index is 15.3. The third kappa shape index (κ3) is 3.90. The van der Waals surface area contributed by atoms with Gasteiger partial charge in [0.05, 0.1) is 12.6 Å². The minimum absolute atomic E-state index is 0.00191. The van der Waals surface area contributed by atoms with E-state index in [9.17, 15) is 4.79 Å². The van der Waals surface area contributed by atoms with Gasteiger partial charge in [-0.15, -0.1) is 0 Å². The van der Waals surface area contributed by atoms with Crippen molar-refractivity contribution in [2.75, 3.05) is 13.1 Å². The Morgan fingerprint density at radius 1 is 1.07 bits per heavy atom. The van der Waals surface area contributed by atoms with Crippen LogP contribution in [0.15, 0.2) is 36.4 Å². The first-order valence-corrected chi connectivity index (χ1v) is 10.4. The molecule has 1 aliphatic heterocycles. The molecule has 0 radical (unpaired) electrons. The third-order valence-electron chi connectivity index (χ3n) is 5.22. The fourth-order valence-electron chi connectivity index (χ4n) is 4.03. The number of ether oxygens (including phenoxy) is 1. The first kappa shape index (κ1) is 20.3. The summed E-state index contributed by atoms with van der Waals surface area (Å²) in [7, 11) is 0. The summed E-state index contributed by atoms with van der Waals surface area (Å²) in [5, 5.41) is 3.12. The van der Waals surface area contributed by atoms with Gasteiger partial charge in [0.25, 0.3) is 0 Å². The van der Waals surface area contributed by atoms with Crippen LogP contribution in [0.4, 0.5) is 9.18 Å². The molecule has 4 nitrogen and oxygen atoms in total. The summed E-state index contributed by atoms with van der Waals surface area (Å²) >= 11 is 12.4. The molecule has 0 saturated carbocycles. The number of halogens is 3. The molecule has 1 aromatic heterocycles. The zero-order valence-corrected chi connectivity index (χ0v) is 18.1. The number of hydrogen-bond donors (Lipinski definition) is 0. The molecule has 0 N–H and O–H groups in total. The van der Waals surface area contributed by atoms with Gasteiger partial charge in [0.15, 0.2) is 0 Å². The summed E-state index contributed by atoms with van der Waals surface area (Å²) in [5.41, 5.74) is 1.21. The minimum atomic E-state index is -1.22. The Labute approximate surface area is 179 Å². The van der Waals surface area contributed by atoms with Crippen LogP contribution < -0.4 is 0 Å². The van der Waals surface area contributed by atoms with Crippen LogP contribution in [0.1, 0.15) is 33.2 Å². The largest absolute Gasteiger partial charge is 0.444 e. The van der Waals surface area contributed by atoms with E-state index in [1.807, 2.05) is 41.0 Å². The molecule has 0 spiro atoms. The number of amides is 1. The molecule has 3 aromatic rings. The molecule has 2 aromatic carbocycles. The van der Waals surface area contributed by atoms with Gasteiger partial charge >= 0.3 is 6.09 Å². The molecule has 0 aliphatic carbocycles. The molecule has 0 bridgehead atoms. The highest BCUT2D eigenvalue weighted by atomic mass is 35.5. The second kappa shape index (κ2) is 7.37. The van der Waals surface area contributed by atoms with E-state index in [1.54, 1.807) is 20.8 Å². The van der Waals surface area contributed by atoms with Crippen molar-refractivity contribution >= 4 is 51.1 Å². The van der Waals surface area contributed by atoms with Gasteiger partial charge in [-0.3, -0.25) is 0 Å². The molecule has 1 amide bonds. The third-order valence-corrected chi connectivity index (χ3v) is 5.69. The maximum atomic E-state index is 15.3. The van der Waals surface area contributed by atoms with E-state index < -0.39 is 23.9 Å². The summed E-state index contributed by atoms with van der Waals surface area (Å²) in [6, 6.07) is 10.8. The quantitative estimate of drug-likeness (QED) is 0.429. The predicted molar refractivity (Wildman–Crippen MR) is 116 cm³/mol. The maximum Gasteiger partial charge on any atom is 0.410 e.